The number of hydrogen-bond acceptors (Lipinski definition) is 2. The minimum Gasteiger partial charge on any atom is -0.496 e. The molecule has 0 saturated heterocycles. The summed E-state index contributed by atoms with van der Waals surface area (Å²) in [4.78, 5) is 0. The highest BCUT2D eigenvalue weighted by Crippen LogP contribution is 2.29. The molecule has 2 aromatic rings. The van der Waals surface area contributed by atoms with Gasteiger partial charge >= 0.3 is 0 Å². The highest BCUT2D eigenvalue weighted by molar-refractivity contribution is 5.66. The summed E-state index contributed by atoms with van der Waals surface area (Å²) < 4.78 is 11.0. The van der Waals surface area contributed by atoms with Crippen molar-refractivity contribution >= 4 is 12.3 Å². The molecule has 0 atom stereocenters. The summed E-state index contributed by atoms with van der Waals surface area (Å²) in [6, 6.07) is 13.9. The third-order valence-corrected chi connectivity index (χ3v) is 2.85. The predicted molar refractivity (Wildman–Crippen MR) is 67.3 cm³/mol. The first-order valence-corrected chi connectivity index (χ1v) is 5.49. The summed E-state index contributed by atoms with van der Waals surface area (Å²) in [7, 11) is 1.67. The normalized spacial score (nSPS) is 12.1. The van der Waals surface area contributed by atoms with Crippen molar-refractivity contribution in [2.45, 2.75) is 0 Å². The molecule has 2 nitrogen and oxygen atoms in total. The van der Waals surface area contributed by atoms with Crippen LogP contribution in [0.25, 0.3) is 12.3 Å². The second-order valence-electron chi connectivity index (χ2n) is 3.88. The fourth-order valence-electron chi connectivity index (χ4n) is 1.98. The van der Waals surface area contributed by atoms with Gasteiger partial charge in [-0.1, -0.05) is 30.3 Å². The molecule has 84 valence electrons. The van der Waals surface area contributed by atoms with Crippen LogP contribution in [0, 0.1) is 0 Å². The molecule has 0 amide bonds. The maximum atomic E-state index is 5.68. The van der Waals surface area contributed by atoms with E-state index in [2.05, 4.69) is 12.1 Å². The van der Waals surface area contributed by atoms with Gasteiger partial charge in [-0.3, -0.25) is 0 Å². The number of fused-ring (bicyclic) bond motifs is 2. The largest absolute Gasteiger partial charge is 0.496 e. The number of methoxy groups -OCH3 is 1. The summed E-state index contributed by atoms with van der Waals surface area (Å²) in [5, 5.41) is 2.21. The zero-order valence-electron chi connectivity index (χ0n) is 9.51. The van der Waals surface area contributed by atoms with Crippen molar-refractivity contribution < 1.29 is 9.47 Å². The molecule has 17 heavy (non-hydrogen) atoms. The highest BCUT2D eigenvalue weighted by atomic mass is 16.5. The predicted octanol–water partition coefficient (Wildman–Crippen LogP) is 1.65. The fraction of sp³-hybridized carbons (Fsp3) is 0.0667. The van der Waals surface area contributed by atoms with Crippen molar-refractivity contribution in [3.05, 3.63) is 58.5 Å². The number of ether oxygens (including phenoxy) is 2. The highest BCUT2D eigenvalue weighted by Gasteiger charge is 2.09. The summed E-state index contributed by atoms with van der Waals surface area (Å²) in [5.74, 6) is 1.65. The first kappa shape index (κ1) is 9.97. The van der Waals surface area contributed by atoms with Gasteiger partial charge in [0.2, 0.25) is 0 Å². The minimum atomic E-state index is 0.820. The molecule has 0 radical (unpaired) electrons. The molecule has 2 heteroatoms. The smallest absolute Gasteiger partial charge is 0.137 e. The van der Waals surface area contributed by atoms with Crippen LogP contribution in [0.5, 0.6) is 11.5 Å². The Morgan fingerprint density at radius 1 is 0.941 bits per heavy atom. The molecule has 1 aliphatic rings. The Morgan fingerprint density at radius 2 is 1.76 bits per heavy atom. The molecule has 3 rings (SSSR count). The van der Waals surface area contributed by atoms with Crippen molar-refractivity contribution in [3.8, 4) is 11.5 Å². The van der Waals surface area contributed by atoms with Crippen LogP contribution in [0.4, 0.5) is 0 Å². The van der Waals surface area contributed by atoms with E-state index in [1.807, 2.05) is 36.4 Å². The fourth-order valence-corrected chi connectivity index (χ4v) is 1.98. The first-order valence-electron chi connectivity index (χ1n) is 5.49. The van der Waals surface area contributed by atoms with Crippen LogP contribution in [0.3, 0.4) is 0 Å². The molecule has 0 N–H and O–H groups in total. The molecular formula is C15H12O2. The van der Waals surface area contributed by atoms with E-state index in [1.54, 1.807) is 13.4 Å². The van der Waals surface area contributed by atoms with E-state index in [-0.39, 0.29) is 0 Å². The van der Waals surface area contributed by atoms with Gasteiger partial charge in [0.25, 0.3) is 0 Å². The van der Waals surface area contributed by atoms with Crippen LogP contribution < -0.4 is 19.9 Å². The monoisotopic (exact) mass is 224 g/mol. The number of hydrogen-bond donors (Lipinski definition) is 0. The van der Waals surface area contributed by atoms with E-state index in [9.17, 15) is 0 Å². The van der Waals surface area contributed by atoms with Gasteiger partial charge < -0.3 is 9.47 Å². The zero-order valence-corrected chi connectivity index (χ0v) is 9.51. The lowest BCUT2D eigenvalue weighted by Crippen LogP contribution is -2.23. The summed E-state index contributed by atoms with van der Waals surface area (Å²) in [6.45, 7) is 0. The Kier molecular flexibility index (Phi) is 2.33. The quantitative estimate of drug-likeness (QED) is 0.733. The summed E-state index contributed by atoms with van der Waals surface area (Å²) >= 11 is 0. The molecule has 0 spiro atoms. The van der Waals surface area contributed by atoms with Crippen LogP contribution >= 0.6 is 0 Å². The molecule has 0 saturated carbocycles. The van der Waals surface area contributed by atoms with E-state index >= 15 is 0 Å². The van der Waals surface area contributed by atoms with E-state index in [0.717, 1.165) is 27.5 Å². The van der Waals surface area contributed by atoms with Gasteiger partial charge in [-0.25, -0.2) is 0 Å². The lowest BCUT2D eigenvalue weighted by Gasteiger charge is -2.08. The lowest BCUT2D eigenvalue weighted by molar-refractivity contribution is 0.410. The molecule has 1 aliphatic heterocycles. The minimum absolute atomic E-state index is 0.820. The Balaban J connectivity index is 2.34. The average Bonchev–Trinajstić information content (AvgIpc) is 2.57. The standard InChI is InChI=1S/C15H12O2/c1-16-14-7-4-8-15-13(14)9-11-5-2-3-6-12(11)10-17-15/h2-10H,1H3. The van der Waals surface area contributed by atoms with Crippen molar-refractivity contribution in [2.75, 3.05) is 7.11 Å². The van der Waals surface area contributed by atoms with Crippen LogP contribution in [0.2, 0.25) is 0 Å². The van der Waals surface area contributed by atoms with Gasteiger partial charge in [0.05, 0.1) is 18.9 Å². The summed E-state index contributed by atoms with van der Waals surface area (Å²) in [5.41, 5.74) is 0.983. The van der Waals surface area contributed by atoms with E-state index < -0.39 is 0 Å². The molecule has 0 aliphatic carbocycles. The third-order valence-electron chi connectivity index (χ3n) is 2.85. The lowest BCUT2D eigenvalue weighted by atomic mass is 10.1. The van der Waals surface area contributed by atoms with Crippen molar-refractivity contribution in [1.82, 2.24) is 0 Å². The van der Waals surface area contributed by atoms with E-state index in [0.29, 0.717) is 0 Å². The molecule has 1 heterocycles. The third kappa shape index (κ3) is 1.68. The van der Waals surface area contributed by atoms with Gasteiger partial charge in [-0.15, -0.1) is 0 Å². The molecule has 2 aromatic carbocycles. The maximum absolute atomic E-state index is 5.68. The zero-order chi connectivity index (χ0) is 11.7. The van der Waals surface area contributed by atoms with Gasteiger partial charge in [0.15, 0.2) is 0 Å². The molecule has 0 bridgehead atoms. The van der Waals surface area contributed by atoms with E-state index in [4.69, 9.17) is 9.47 Å². The number of benzene rings is 2. The van der Waals surface area contributed by atoms with Crippen LogP contribution in [-0.2, 0) is 0 Å². The maximum Gasteiger partial charge on any atom is 0.137 e. The Morgan fingerprint density at radius 3 is 2.59 bits per heavy atom. The van der Waals surface area contributed by atoms with Crippen LogP contribution in [0.1, 0.15) is 5.56 Å². The van der Waals surface area contributed by atoms with Gasteiger partial charge in [0.1, 0.15) is 11.5 Å². The Labute approximate surface area is 99.4 Å². The van der Waals surface area contributed by atoms with Gasteiger partial charge in [-0.2, -0.15) is 0 Å². The Hall–Kier alpha value is -2.22. The topological polar surface area (TPSA) is 18.5 Å². The second kappa shape index (κ2) is 3.98. The summed E-state index contributed by atoms with van der Waals surface area (Å²) in [6.07, 6.45) is 3.87. The van der Waals surface area contributed by atoms with Gasteiger partial charge in [-0.05, 0) is 23.4 Å². The first-order chi connectivity index (χ1) is 8.38. The molecule has 0 aromatic heterocycles. The molecule has 0 fully saturated rings. The second-order valence-corrected chi connectivity index (χ2v) is 3.88. The van der Waals surface area contributed by atoms with Crippen LogP contribution in [-0.4, -0.2) is 7.11 Å². The SMILES string of the molecule is COc1cccc2c1C=c1ccccc1=CO2. The van der Waals surface area contributed by atoms with Crippen LogP contribution in [0.15, 0.2) is 42.5 Å². The number of rotatable bonds is 1. The van der Waals surface area contributed by atoms with Crippen molar-refractivity contribution in [2.24, 2.45) is 0 Å². The van der Waals surface area contributed by atoms with Crippen molar-refractivity contribution in [3.63, 3.8) is 0 Å². The average molecular weight is 224 g/mol. The van der Waals surface area contributed by atoms with Gasteiger partial charge in [0, 0.05) is 5.22 Å². The Bertz CT molecular complexity index is 672. The van der Waals surface area contributed by atoms with Crippen molar-refractivity contribution in [1.29, 1.82) is 0 Å². The van der Waals surface area contributed by atoms with E-state index in [1.165, 1.54) is 0 Å². The molecule has 0 unspecified atom stereocenters. The molecular weight excluding hydrogens is 212 g/mol.